The van der Waals surface area contributed by atoms with Crippen LogP contribution < -0.4 is 5.73 Å². The van der Waals surface area contributed by atoms with Gasteiger partial charge < -0.3 is 15.0 Å². The molecule has 0 aliphatic rings. The molecular weight excluding hydrogens is 245 g/mol. The molecule has 1 atom stereocenters. The summed E-state index contributed by atoms with van der Waals surface area (Å²) in [6, 6.07) is 0. The lowest BCUT2D eigenvalue weighted by molar-refractivity contribution is 0.163. The second-order valence-electron chi connectivity index (χ2n) is 3.26. The summed E-state index contributed by atoms with van der Waals surface area (Å²) in [5.74, 6) is 0.327. The lowest BCUT2D eigenvalue weighted by atomic mass is 10.5. The molecule has 2 aromatic rings. The lowest BCUT2D eigenvalue weighted by Crippen LogP contribution is -2.05. The molecule has 0 saturated heterocycles. The smallest absolute Gasteiger partial charge is 0.382 e. The number of anilines is 1. The van der Waals surface area contributed by atoms with E-state index in [4.69, 9.17) is 15.4 Å². The van der Waals surface area contributed by atoms with E-state index in [1.807, 2.05) is 0 Å². The Kier molecular flexibility index (Phi) is 3.58. The molecule has 1 unspecified atom stereocenters. The molecule has 8 nitrogen and oxygen atoms in total. The molecule has 2 rings (SSSR count). The van der Waals surface area contributed by atoms with Gasteiger partial charge >= 0.3 is 8.03 Å². The molecule has 0 aliphatic carbocycles. The van der Waals surface area contributed by atoms with E-state index >= 15 is 0 Å². The quantitative estimate of drug-likeness (QED) is 0.576. The van der Waals surface area contributed by atoms with Gasteiger partial charge in [-0.25, -0.2) is 15.0 Å². The Bertz CT molecular complexity index is 543. The molecule has 2 aromatic heterocycles. The van der Waals surface area contributed by atoms with Gasteiger partial charge in [-0.1, -0.05) is 0 Å². The summed E-state index contributed by atoms with van der Waals surface area (Å²) in [7, 11) is -2.25. The lowest BCUT2D eigenvalue weighted by Gasteiger charge is -2.01. The first-order valence-electron chi connectivity index (χ1n) is 4.81. The zero-order valence-corrected chi connectivity index (χ0v) is 9.75. The van der Waals surface area contributed by atoms with Gasteiger partial charge in [-0.3, -0.25) is 0 Å². The van der Waals surface area contributed by atoms with Gasteiger partial charge in [0, 0.05) is 6.54 Å². The molecule has 0 bridgehead atoms. The molecule has 0 saturated carbocycles. The van der Waals surface area contributed by atoms with Crippen molar-refractivity contribution in [3.05, 3.63) is 12.7 Å². The van der Waals surface area contributed by atoms with Crippen molar-refractivity contribution in [2.24, 2.45) is 0 Å². The average molecular weight is 256 g/mol. The number of hydrogen-bond donors (Lipinski definition) is 2. The van der Waals surface area contributed by atoms with Gasteiger partial charge in [0.2, 0.25) is 0 Å². The Hall–Kier alpha value is -1.63. The van der Waals surface area contributed by atoms with Crippen LogP contribution in [0.3, 0.4) is 0 Å². The fraction of sp³-hybridized carbons (Fsp3) is 0.375. The molecule has 0 radical (unpaired) electrons. The van der Waals surface area contributed by atoms with Crippen molar-refractivity contribution in [1.82, 2.24) is 19.5 Å². The highest BCUT2D eigenvalue weighted by Gasteiger charge is 2.10. The fourth-order valence-corrected chi connectivity index (χ4v) is 1.65. The first-order chi connectivity index (χ1) is 8.18. The van der Waals surface area contributed by atoms with Crippen LogP contribution >= 0.6 is 8.03 Å². The van der Waals surface area contributed by atoms with Gasteiger partial charge in [0.05, 0.1) is 12.9 Å². The van der Waals surface area contributed by atoms with E-state index in [2.05, 4.69) is 15.0 Å². The predicted octanol–water partition coefficient (Wildman–Crippen LogP) is 0.117. The summed E-state index contributed by atoms with van der Waals surface area (Å²) >= 11 is 0. The summed E-state index contributed by atoms with van der Waals surface area (Å²) in [6.07, 6.45) is 2.78. The highest BCUT2D eigenvalue weighted by Crippen LogP contribution is 2.14. The minimum Gasteiger partial charge on any atom is -0.382 e. The first-order valence-corrected chi connectivity index (χ1v) is 6.21. The fourth-order valence-electron chi connectivity index (χ4n) is 1.37. The third-order valence-corrected chi connectivity index (χ3v) is 2.51. The molecule has 0 spiro atoms. The summed E-state index contributed by atoms with van der Waals surface area (Å²) < 4.78 is 17.1. The number of ether oxygens (including phenoxy) is 1. The summed E-state index contributed by atoms with van der Waals surface area (Å²) in [5.41, 5.74) is 6.80. The molecular formula is C8H11N5O3P+. The van der Waals surface area contributed by atoms with Crippen LogP contribution in [-0.4, -0.2) is 37.4 Å². The van der Waals surface area contributed by atoms with E-state index in [1.54, 1.807) is 10.9 Å². The summed E-state index contributed by atoms with van der Waals surface area (Å²) in [6.45, 7) is 0.785. The Morgan fingerprint density at radius 2 is 2.29 bits per heavy atom. The van der Waals surface area contributed by atoms with Crippen LogP contribution in [0, 0.1) is 0 Å². The van der Waals surface area contributed by atoms with Gasteiger partial charge in [0.1, 0.15) is 11.8 Å². The number of nitrogens with zero attached hydrogens (tertiary/aromatic N) is 4. The number of fused-ring (bicyclic) bond motifs is 1. The van der Waals surface area contributed by atoms with E-state index in [-0.39, 0.29) is 6.35 Å². The van der Waals surface area contributed by atoms with Crippen LogP contribution in [0.2, 0.25) is 0 Å². The van der Waals surface area contributed by atoms with Crippen LogP contribution in [-0.2, 0) is 15.8 Å². The number of aromatic nitrogens is 4. The molecule has 0 fully saturated rings. The number of hydrogen-bond acceptors (Lipinski definition) is 6. The molecule has 17 heavy (non-hydrogen) atoms. The Morgan fingerprint density at radius 3 is 3.06 bits per heavy atom. The normalized spacial score (nSPS) is 11.9. The maximum absolute atomic E-state index is 10.4. The number of nitrogen functional groups attached to an aromatic ring is 1. The maximum Gasteiger partial charge on any atom is 0.534 e. The first kappa shape index (κ1) is 11.8. The largest absolute Gasteiger partial charge is 0.534 e. The monoisotopic (exact) mass is 256 g/mol. The molecule has 2 heterocycles. The van der Waals surface area contributed by atoms with E-state index in [9.17, 15) is 4.57 Å². The zero-order valence-electron chi connectivity index (χ0n) is 8.85. The zero-order chi connectivity index (χ0) is 12.3. The third kappa shape index (κ3) is 2.73. The van der Waals surface area contributed by atoms with E-state index < -0.39 is 8.03 Å². The average Bonchev–Trinajstić information content (AvgIpc) is 2.69. The van der Waals surface area contributed by atoms with Gasteiger partial charge in [0.15, 0.2) is 11.5 Å². The molecule has 90 valence electrons. The number of nitrogens with two attached hydrogens (primary N) is 1. The number of imidazole rings is 1. The van der Waals surface area contributed by atoms with Gasteiger partial charge in [-0.05, 0) is 4.57 Å². The van der Waals surface area contributed by atoms with Crippen LogP contribution in [0.15, 0.2) is 12.7 Å². The van der Waals surface area contributed by atoms with E-state index in [1.165, 1.54) is 6.33 Å². The molecule has 0 aromatic carbocycles. The SMILES string of the molecule is Nc1ncnc2c1ncn2CCOC[P+](=O)O. The highest BCUT2D eigenvalue weighted by molar-refractivity contribution is 7.37. The summed E-state index contributed by atoms with van der Waals surface area (Å²) in [4.78, 5) is 20.5. The molecule has 0 amide bonds. The van der Waals surface area contributed by atoms with Crippen molar-refractivity contribution in [1.29, 1.82) is 0 Å². The van der Waals surface area contributed by atoms with Crippen molar-refractivity contribution >= 4 is 25.0 Å². The van der Waals surface area contributed by atoms with Crippen molar-refractivity contribution in [2.75, 3.05) is 18.7 Å². The van der Waals surface area contributed by atoms with Crippen molar-refractivity contribution in [3.63, 3.8) is 0 Å². The summed E-state index contributed by atoms with van der Waals surface area (Å²) in [5, 5.41) is 0. The minimum atomic E-state index is -2.25. The maximum atomic E-state index is 10.4. The second-order valence-corrected chi connectivity index (χ2v) is 4.22. The van der Waals surface area contributed by atoms with Gasteiger partial charge in [0.25, 0.3) is 6.35 Å². The molecule has 3 N–H and O–H groups in total. The predicted molar refractivity (Wildman–Crippen MR) is 60.4 cm³/mol. The second kappa shape index (κ2) is 5.13. The third-order valence-electron chi connectivity index (χ3n) is 2.11. The van der Waals surface area contributed by atoms with E-state index in [0.717, 1.165) is 0 Å². The Labute approximate surface area is 97.3 Å². The van der Waals surface area contributed by atoms with Crippen LogP contribution in [0.5, 0.6) is 0 Å². The molecule has 9 heteroatoms. The van der Waals surface area contributed by atoms with Crippen LogP contribution in [0.1, 0.15) is 0 Å². The highest BCUT2D eigenvalue weighted by atomic mass is 31.1. The van der Waals surface area contributed by atoms with Crippen LogP contribution in [0.4, 0.5) is 5.82 Å². The Balaban J connectivity index is 2.04. The Morgan fingerprint density at radius 1 is 1.47 bits per heavy atom. The van der Waals surface area contributed by atoms with Crippen LogP contribution in [0.25, 0.3) is 11.2 Å². The van der Waals surface area contributed by atoms with Crippen molar-refractivity contribution in [2.45, 2.75) is 6.54 Å². The number of rotatable bonds is 5. The van der Waals surface area contributed by atoms with E-state index in [0.29, 0.717) is 30.1 Å². The van der Waals surface area contributed by atoms with Gasteiger partial charge in [-0.15, -0.1) is 0 Å². The van der Waals surface area contributed by atoms with Gasteiger partial charge in [-0.2, -0.15) is 4.89 Å². The molecule has 0 aliphatic heterocycles. The minimum absolute atomic E-state index is 0.168. The standard InChI is InChI=1S/C8H10N5O3P/c9-7-6-8(11-3-10-7)13(4-12-6)1-2-16-5-17(14)15/h3-4H,1-2,5H2,(H2-,9,10,11,14,15)/p+1. The topological polar surface area (TPSA) is 116 Å². The van der Waals surface area contributed by atoms with Crippen molar-refractivity contribution in [3.8, 4) is 0 Å². The van der Waals surface area contributed by atoms with Crippen molar-refractivity contribution < 1.29 is 14.2 Å².